The van der Waals surface area contributed by atoms with Crippen molar-refractivity contribution in [2.45, 2.75) is 32.6 Å². The van der Waals surface area contributed by atoms with Crippen molar-refractivity contribution in [3.63, 3.8) is 0 Å². The van der Waals surface area contributed by atoms with E-state index in [4.69, 9.17) is 4.74 Å². The molecule has 0 saturated heterocycles. The van der Waals surface area contributed by atoms with Crippen LogP contribution in [0, 0.1) is 0 Å². The topological polar surface area (TPSA) is 59.5 Å². The zero-order valence-electron chi connectivity index (χ0n) is 16.9. The summed E-state index contributed by atoms with van der Waals surface area (Å²) < 4.78 is 6.94. The maximum atomic E-state index is 12.5. The smallest absolute Gasteiger partial charge is 0.238 e. The Bertz CT molecular complexity index is 1150. The highest BCUT2D eigenvalue weighted by atomic mass is 32.1. The number of benzene rings is 2. The van der Waals surface area contributed by atoms with Gasteiger partial charge in [0.1, 0.15) is 5.75 Å². The second-order valence-corrected chi connectivity index (χ2v) is 8.97. The van der Waals surface area contributed by atoms with Crippen LogP contribution in [0.4, 0.5) is 5.69 Å². The van der Waals surface area contributed by atoms with Crippen LogP contribution in [0.25, 0.3) is 21.3 Å². The average Bonchev–Trinajstić information content (AvgIpc) is 3.14. The highest BCUT2D eigenvalue weighted by Gasteiger charge is 2.27. The minimum absolute atomic E-state index is 0.116. The number of allylic oxidation sites excluding steroid dienone is 1. The number of ketones is 1. The number of anilines is 1. The monoisotopic (exact) mass is 406 g/mol. The van der Waals surface area contributed by atoms with Crippen molar-refractivity contribution in [2.24, 2.45) is 0 Å². The van der Waals surface area contributed by atoms with Gasteiger partial charge < -0.3 is 4.74 Å². The molecule has 0 unspecified atom stereocenters. The molecule has 2 heterocycles. The van der Waals surface area contributed by atoms with Crippen LogP contribution in [-0.2, 0) is 15.0 Å². The Hall–Kier alpha value is -2.99. The summed E-state index contributed by atoms with van der Waals surface area (Å²) in [4.78, 5) is 30.0. The Labute approximate surface area is 173 Å². The normalized spacial score (nSPS) is 14.7. The lowest BCUT2D eigenvalue weighted by molar-refractivity contribution is -0.124. The van der Waals surface area contributed by atoms with Crippen LogP contribution >= 0.6 is 11.3 Å². The second kappa shape index (κ2) is 7.12. The molecule has 0 atom stereocenters. The summed E-state index contributed by atoms with van der Waals surface area (Å²) in [7, 11) is 1.67. The minimum Gasteiger partial charge on any atom is -0.496 e. The average molecular weight is 407 g/mol. The number of hydrogen-bond acceptors (Lipinski definition) is 5. The van der Waals surface area contributed by atoms with E-state index in [-0.39, 0.29) is 23.5 Å². The van der Waals surface area contributed by atoms with Gasteiger partial charge in [0.2, 0.25) is 5.91 Å². The van der Waals surface area contributed by atoms with E-state index in [9.17, 15) is 9.59 Å². The SMILES string of the molecule is COc1c(-c2ccc3ncsc3c2)cc(N2C=CC(=O)CC2=O)cc1C(C)(C)C. The van der Waals surface area contributed by atoms with Gasteiger partial charge >= 0.3 is 0 Å². The molecule has 0 saturated carbocycles. The van der Waals surface area contributed by atoms with Gasteiger partial charge in [0.05, 0.1) is 29.3 Å². The van der Waals surface area contributed by atoms with Gasteiger partial charge in [-0.05, 0) is 41.3 Å². The Morgan fingerprint density at radius 3 is 2.62 bits per heavy atom. The number of carbonyl (C=O) groups is 2. The first-order valence-corrected chi connectivity index (χ1v) is 10.2. The van der Waals surface area contributed by atoms with Gasteiger partial charge in [0.25, 0.3) is 0 Å². The molecule has 1 aliphatic rings. The number of methoxy groups -OCH3 is 1. The molecule has 0 fully saturated rings. The molecule has 5 nitrogen and oxygen atoms in total. The lowest BCUT2D eigenvalue weighted by Crippen LogP contribution is -2.31. The molecule has 0 N–H and O–H groups in total. The summed E-state index contributed by atoms with van der Waals surface area (Å²) in [5.41, 5.74) is 6.20. The number of thiazole rings is 1. The summed E-state index contributed by atoms with van der Waals surface area (Å²) in [5, 5.41) is 0. The minimum atomic E-state index is -0.230. The van der Waals surface area contributed by atoms with E-state index in [1.54, 1.807) is 29.5 Å². The fraction of sp³-hybridized carbons (Fsp3) is 0.261. The van der Waals surface area contributed by atoms with Crippen LogP contribution in [0.1, 0.15) is 32.8 Å². The quantitative estimate of drug-likeness (QED) is 0.569. The van der Waals surface area contributed by atoms with Gasteiger partial charge in [-0.3, -0.25) is 14.5 Å². The summed E-state index contributed by atoms with van der Waals surface area (Å²) in [6.07, 6.45) is 2.89. The van der Waals surface area contributed by atoms with Crippen molar-refractivity contribution >= 4 is 38.9 Å². The number of ether oxygens (including phenoxy) is 1. The maximum Gasteiger partial charge on any atom is 0.238 e. The zero-order chi connectivity index (χ0) is 20.8. The molecular formula is C23H22N2O3S. The summed E-state index contributed by atoms with van der Waals surface area (Å²) in [6, 6.07) is 10.0. The molecule has 1 amide bonds. The Kier molecular flexibility index (Phi) is 4.74. The van der Waals surface area contributed by atoms with Crippen molar-refractivity contribution in [2.75, 3.05) is 12.0 Å². The van der Waals surface area contributed by atoms with E-state index in [1.165, 1.54) is 6.08 Å². The Morgan fingerprint density at radius 1 is 1.14 bits per heavy atom. The van der Waals surface area contributed by atoms with Crippen LogP contribution in [0.5, 0.6) is 5.75 Å². The third-order valence-corrected chi connectivity index (χ3v) is 5.80. The second-order valence-electron chi connectivity index (χ2n) is 8.08. The number of aromatic nitrogens is 1. The lowest BCUT2D eigenvalue weighted by atomic mass is 9.83. The van der Waals surface area contributed by atoms with E-state index >= 15 is 0 Å². The molecule has 0 radical (unpaired) electrons. The van der Waals surface area contributed by atoms with Crippen molar-refractivity contribution in [3.05, 3.63) is 53.7 Å². The molecule has 6 heteroatoms. The van der Waals surface area contributed by atoms with Crippen molar-refractivity contribution in [1.29, 1.82) is 0 Å². The number of carbonyl (C=O) groups excluding carboxylic acids is 2. The molecule has 3 aromatic rings. The number of rotatable bonds is 3. The highest BCUT2D eigenvalue weighted by Crippen LogP contribution is 2.43. The van der Waals surface area contributed by atoms with E-state index in [2.05, 4.69) is 31.8 Å². The van der Waals surface area contributed by atoms with Crippen LogP contribution in [0.15, 0.2) is 48.1 Å². The third-order valence-electron chi connectivity index (χ3n) is 5.01. The number of hydrogen-bond donors (Lipinski definition) is 0. The summed E-state index contributed by atoms with van der Waals surface area (Å²) in [5.74, 6) is 0.382. The van der Waals surface area contributed by atoms with Gasteiger partial charge in [0, 0.05) is 23.0 Å². The molecule has 0 aliphatic carbocycles. The molecule has 1 aromatic heterocycles. The van der Waals surface area contributed by atoms with Crippen molar-refractivity contribution < 1.29 is 14.3 Å². The summed E-state index contributed by atoms with van der Waals surface area (Å²) in [6.45, 7) is 6.34. The molecule has 4 rings (SSSR count). The molecule has 0 bridgehead atoms. The first-order chi connectivity index (χ1) is 13.8. The maximum absolute atomic E-state index is 12.5. The van der Waals surface area contributed by atoms with Gasteiger partial charge in [-0.1, -0.05) is 26.8 Å². The highest BCUT2D eigenvalue weighted by molar-refractivity contribution is 7.16. The van der Waals surface area contributed by atoms with E-state index in [0.29, 0.717) is 0 Å². The van der Waals surface area contributed by atoms with Crippen molar-refractivity contribution in [3.8, 4) is 16.9 Å². The van der Waals surface area contributed by atoms with Crippen LogP contribution < -0.4 is 9.64 Å². The fourth-order valence-corrected chi connectivity index (χ4v) is 4.25. The number of fused-ring (bicyclic) bond motifs is 1. The number of nitrogens with zero attached hydrogens (tertiary/aromatic N) is 2. The molecule has 1 aliphatic heterocycles. The van der Waals surface area contributed by atoms with E-state index in [1.807, 2.05) is 29.8 Å². The Balaban J connectivity index is 1.96. The first kappa shape index (κ1) is 19.3. The van der Waals surface area contributed by atoms with E-state index < -0.39 is 0 Å². The van der Waals surface area contributed by atoms with Gasteiger partial charge in [-0.15, -0.1) is 11.3 Å². The fourth-order valence-electron chi connectivity index (χ4n) is 3.53. The predicted molar refractivity (Wildman–Crippen MR) is 117 cm³/mol. The lowest BCUT2D eigenvalue weighted by Gasteiger charge is -2.28. The molecule has 148 valence electrons. The largest absolute Gasteiger partial charge is 0.496 e. The van der Waals surface area contributed by atoms with E-state index in [0.717, 1.165) is 38.3 Å². The molecule has 0 spiro atoms. The van der Waals surface area contributed by atoms with Crippen LogP contribution in [0.3, 0.4) is 0 Å². The Morgan fingerprint density at radius 2 is 1.93 bits per heavy atom. The molecule has 2 aromatic carbocycles. The number of amides is 1. The zero-order valence-corrected chi connectivity index (χ0v) is 17.7. The van der Waals surface area contributed by atoms with Gasteiger partial charge in [-0.25, -0.2) is 4.98 Å². The van der Waals surface area contributed by atoms with Crippen LogP contribution in [-0.4, -0.2) is 23.8 Å². The van der Waals surface area contributed by atoms with Gasteiger partial charge in [0.15, 0.2) is 5.78 Å². The molecular weight excluding hydrogens is 384 g/mol. The van der Waals surface area contributed by atoms with Gasteiger partial charge in [-0.2, -0.15) is 0 Å². The summed E-state index contributed by atoms with van der Waals surface area (Å²) >= 11 is 1.59. The van der Waals surface area contributed by atoms with Crippen LogP contribution in [0.2, 0.25) is 0 Å². The standard InChI is InChI=1S/C23H22N2O3S/c1-23(2,3)18-11-15(25-8-7-16(26)12-21(25)27)10-17(22(18)28-4)14-5-6-19-20(9-14)29-13-24-19/h5-11,13H,12H2,1-4H3. The molecule has 29 heavy (non-hydrogen) atoms. The van der Waals surface area contributed by atoms with Crippen molar-refractivity contribution in [1.82, 2.24) is 4.98 Å². The first-order valence-electron chi connectivity index (χ1n) is 9.37. The predicted octanol–water partition coefficient (Wildman–Crippen LogP) is 5.09. The third kappa shape index (κ3) is 3.56.